The number of rotatable bonds is 16. The molecule has 5 rings (SSSR count). The topological polar surface area (TPSA) is 84.9 Å². The highest BCUT2D eigenvalue weighted by Gasteiger charge is 2.23. The number of esters is 1. The van der Waals surface area contributed by atoms with E-state index >= 15 is 0 Å². The van der Waals surface area contributed by atoms with Crippen LogP contribution in [0.3, 0.4) is 0 Å². The Morgan fingerprint density at radius 1 is 0.735 bits per heavy atom. The van der Waals surface area contributed by atoms with Crippen molar-refractivity contribution in [3.05, 3.63) is 173 Å². The molecule has 248 valence electrons. The van der Waals surface area contributed by atoms with Gasteiger partial charge in [-0.2, -0.15) is 0 Å². The minimum absolute atomic E-state index is 0.0575. The summed E-state index contributed by atoms with van der Waals surface area (Å²) in [5.74, 6) is 0.0634. The molecule has 0 heterocycles. The van der Waals surface area contributed by atoms with Crippen molar-refractivity contribution >= 4 is 29.4 Å². The van der Waals surface area contributed by atoms with Gasteiger partial charge in [0.2, 0.25) is 5.91 Å². The molecule has 0 aliphatic rings. The maximum absolute atomic E-state index is 13.2. The molecule has 0 fully saturated rings. The highest BCUT2D eigenvalue weighted by Crippen LogP contribution is 2.22. The van der Waals surface area contributed by atoms with Gasteiger partial charge in [0.1, 0.15) is 11.8 Å². The third kappa shape index (κ3) is 10.3. The van der Waals surface area contributed by atoms with Crippen molar-refractivity contribution in [2.45, 2.75) is 25.4 Å². The van der Waals surface area contributed by atoms with Crippen LogP contribution >= 0.6 is 0 Å². The zero-order valence-corrected chi connectivity index (χ0v) is 27.5. The van der Waals surface area contributed by atoms with Crippen molar-refractivity contribution in [1.29, 1.82) is 0 Å². The lowest BCUT2D eigenvalue weighted by Crippen LogP contribution is -2.33. The molecule has 5 aromatic carbocycles. The molecular weight excluding hydrogens is 612 g/mol. The van der Waals surface area contributed by atoms with Crippen LogP contribution in [0, 0.1) is 0 Å². The summed E-state index contributed by atoms with van der Waals surface area (Å²) < 4.78 is 11.1. The fourth-order valence-corrected chi connectivity index (χ4v) is 5.39. The lowest BCUT2D eigenvalue weighted by molar-refractivity contribution is -0.141. The number of para-hydroxylation sites is 1. The van der Waals surface area contributed by atoms with E-state index in [1.165, 1.54) is 7.11 Å². The van der Waals surface area contributed by atoms with Crippen LogP contribution in [0.1, 0.15) is 39.0 Å². The smallest absolute Gasteiger partial charge is 0.328 e. The molecule has 49 heavy (non-hydrogen) atoms. The van der Waals surface area contributed by atoms with Gasteiger partial charge in [-0.05, 0) is 53.5 Å². The van der Waals surface area contributed by atoms with Gasteiger partial charge >= 0.3 is 5.97 Å². The molecule has 0 aliphatic carbocycles. The van der Waals surface area contributed by atoms with Crippen LogP contribution in [0.4, 0.5) is 5.69 Å². The monoisotopic (exact) mass is 652 g/mol. The van der Waals surface area contributed by atoms with Crippen molar-refractivity contribution in [2.75, 3.05) is 25.6 Å². The van der Waals surface area contributed by atoms with E-state index in [2.05, 4.69) is 5.32 Å². The summed E-state index contributed by atoms with van der Waals surface area (Å²) in [5, 5.41) is 3.25. The first-order valence-electron chi connectivity index (χ1n) is 16.3. The number of carbonyl (C=O) groups is 3. The molecule has 0 unspecified atom stereocenters. The van der Waals surface area contributed by atoms with Gasteiger partial charge in [0, 0.05) is 42.4 Å². The Morgan fingerprint density at radius 2 is 1.37 bits per heavy atom. The number of methoxy groups -OCH3 is 1. The molecule has 1 atom stereocenters. The highest BCUT2D eigenvalue weighted by atomic mass is 16.5. The van der Waals surface area contributed by atoms with Gasteiger partial charge in [0.15, 0.2) is 5.78 Å². The van der Waals surface area contributed by atoms with Crippen molar-refractivity contribution in [3.8, 4) is 5.75 Å². The van der Waals surface area contributed by atoms with Gasteiger partial charge in [0.05, 0.1) is 13.7 Å². The second kappa shape index (κ2) is 17.8. The van der Waals surface area contributed by atoms with E-state index in [-0.39, 0.29) is 11.7 Å². The minimum Gasteiger partial charge on any atom is -0.494 e. The van der Waals surface area contributed by atoms with Crippen LogP contribution in [0.5, 0.6) is 5.75 Å². The third-order valence-electron chi connectivity index (χ3n) is 7.97. The maximum atomic E-state index is 13.2. The van der Waals surface area contributed by atoms with Crippen LogP contribution in [-0.2, 0) is 27.3 Å². The number of carbonyl (C=O) groups excluding carboxylic acids is 3. The molecule has 0 bridgehead atoms. The van der Waals surface area contributed by atoms with Crippen LogP contribution in [0.25, 0.3) is 6.08 Å². The lowest BCUT2D eigenvalue weighted by Gasteiger charge is -2.22. The summed E-state index contributed by atoms with van der Waals surface area (Å²) in [6.07, 6.45) is 4.44. The first kappa shape index (κ1) is 34.4. The number of nitrogens with zero attached hydrogens (tertiary/aromatic N) is 1. The Labute approximate surface area is 287 Å². The molecule has 5 aromatic rings. The molecule has 1 N–H and O–H groups in total. The van der Waals surface area contributed by atoms with E-state index < -0.39 is 12.0 Å². The Bertz CT molecular complexity index is 1820. The molecule has 0 saturated carbocycles. The average molecular weight is 653 g/mol. The summed E-state index contributed by atoms with van der Waals surface area (Å²) >= 11 is 0. The number of hydrogen-bond donors (Lipinski definition) is 1. The van der Waals surface area contributed by atoms with E-state index in [1.807, 2.05) is 120 Å². The van der Waals surface area contributed by atoms with Gasteiger partial charge in [-0.15, -0.1) is 0 Å². The van der Waals surface area contributed by atoms with Crippen molar-refractivity contribution < 1.29 is 23.9 Å². The van der Waals surface area contributed by atoms with E-state index in [0.29, 0.717) is 55.1 Å². The normalized spacial score (nSPS) is 11.4. The van der Waals surface area contributed by atoms with Crippen LogP contribution in [0.15, 0.2) is 146 Å². The summed E-state index contributed by atoms with van der Waals surface area (Å²) in [4.78, 5) is 41.0. The van der Waals surface area contributed by atoms with Gasteiger partial charge in [-0.25, -0.2) is 4.79 Å². The Morgan fingerprint density at radius 3 is 2.06 bits per heavy atom. The highest BCUT2D eigenvalue weighted by molar-refractivity contribution is 6.12. The largest absolute Gasteiger partial charge is 0.494 e. The summed E-state index contributed by atoms with van der Waals surface area (Å²) in [7, 11) is 1.35. The van der Waals surface area contributed by atoms with E-state index in [9.17, 15) is 14.4 Å². The SMILES string of the molecule is COC(=O)[C@H](Cc1ccc(OCCCN(Cc2ccccc2)C(=O)/C=C/c2ccccc2)cc1)Nc1ccccc1C(=O)c1ccccc1. The Kier molecular flexibility index (Phi) is 12.5. The molecule has 1 amide bonds. The number of ether oxygens (including phenoxy) is 2. The number of anilines is 1. The van der Waals surface area contributed by atoms with E-state index in [1.54, 1.807) is 36.4 Å². The minimum atomic E-state index is -0.717. The van der Waals surface area contributed by atoms with Gasteiger partial charge in [-0.1, -0.05) is 115 Å². The van der Waals surface area contributed by atoms with Crippen LogP contribution < -0.4 is 10.1 Å². The van der Waals surface area contributed by atoms with E-state index in [4.69, 9.17) is 9.47 Å². The van der Waals surface area contributed by atoms with Crippen molar-refractivity contribution in [2.24, 2.45) is 0 Å². The summed E-state index contributed by atoms with van der Waals surface area (Å²) in [6, 6.07) is 42.7. The quantitative estimate of drug-likeness (QED) is 0.0511. The fourth-order valence-electron chi connectivity index (χ4n) is 5.39. The van der Waals surface area contributed by atoms with Crippen LogP contribution in [-0.4, -0.2) is 48.9 Å². The molecule has 7 heteroatoms. The second-order valence-corrected chi connectivity index (χ2v) is 11.5. The van der Waals surface area contributed by atoms with Crippen molar-refractivity contribution in [3.63, 3.8) is 0 Å². The third-order valence-corrected chi connectivity index (χ3v) is 7.97. The number of amides is 1. The summed E-state index contributed by atoms with van der Waals surface area (Å²) in [5.41, 5.74) is 4.53. The standard InChI is InChI=1S/C42H40N2O5/c1-48-42(47)39(43-38-21-12-11-20-37(38)41(46)35-18-9-4-10-19-35)30-33-22-25-36(26-23-33)49-29-13-28-44(31-34-16-7-3-8-17-34)40(45)27-24-32-14-5-2-6-15-32/h2-12,14-27,39,43H,13,28-31H2,1H3/b27-24+/t39-/m0/s1. The number of nitrogens with one attached hydrogen (secondary N) is 1. The van der Waals surface area contributed by atoms with E-state index in [0.717, 1.165) is 16.7 Å². The molecular formula is C42H40N2O5. The summed E-state index contributed by atoms with van der Waals surface area (Å²) in [6.45, 7) is 1.47. The van der Waals surface area contributed by atoms with Gasteiger partial charge in [0.25, 0.3) is 0 Å². The van der Waals surface area contributed by atoms with Gasteiger partial charge in [-0.3, -0.25) is 9.59 Å². The Balaban J connectivity index is 1.17. The zero-order chi connectivity index (χ0) is 34.3. The predicted octanol–water partition coefficient (Wildman–Crippen LogP) is 7.62. The average Bonchev–Trinajstić information content (AvgIpc) is 3.16. The van der Waals surface area contributed by atoms with Crippen molar-refractivity contribution in [1.82, 2.24) is 4.90 Å². The number of hydrogen-bond acceptors (Lipinski definition) is 6. The molecule has 0 saturated heterocycles. The first-order chi connectivity index (χ1) is 24.0. The second-order valence-electron chi connectivity index (χ2n) is 11.5. The molecule has 0 radical (unpaired) electrons. The predicted molar refractivity (Wildman–Crippen MR) is 193 cm³/mol. The van der Waals surface area contributed by atoms with Crippen LogP contribution in [0.2, 0.25) is 0 Å². The fraction of sp³-hybridized carbons (Fsp3) is 0.167. The molecule has 0 spiro atoms. The Hall–Kier alpha value is -5.95. The maximum Gasteiger partial charge on any atom is 0.328 e. The molecule has 7 nitrogen and oxygen atoms in total. The number of ketones is 1. The molecule has 0 aromatic heterocycles. The first-order valence-corrected chi connectivity index (χ1v) is 16.3. The molecule has 0 aliphatic heterocycles. The van der Waals surface area contributed by atoms with Gasteiger partial charge < -0.3 is 19.7 Å². The lowest BCUT2D eigenvalue weighted by atomic mass is 10.00. The number of benzene rings is 5. The zero-order valence-electron chi connectivity index (χ0n) is 27.5.